The SMILES string of the molecule is c1ccc(-c2nc(-c3ccc4oc5cc(-c6ccc7c(c6)sc6ccccc67)ccc5c4c3)nc(-n3c4ccccc4c4ccccc43)n2)cc1. The lowest BCUT2D eigenvalue weighted by Crippen LogP contribution is -2.06. The highest BCUT2D eigenvalue weighted by Crippen LogP contribution is 2.39. The summed E-state index contributed by atoms with van der Waals surface area (Å²) < 4.78 is 11.2. The van der Waals surface area contributed by atoms with Crippen molar-refractivity contribution in [3.05, 3.63) is 158 Å². The second-order valence-electron chi connectivity index (χ2n) is 12.9. The summed E-state index contributed by atoms with van der Waals surface area (Å²) >= 11 is 1.84. The van der Waals surface area contributed by atoms with Gasteiger partial charge in [0.1, 0.15) is 11.2 Å². The van der Waals surface area contributed by atoms with E-state index in [1.807, 2.05) is 53.8 Å². The van der Waals surface area contributed by atoms with Crippen LogP contribution >= 0.6 is 11.3 Å². The molecule has 0 N–H and O–H groups in total. The molecule has 0 unspecified atom stereocenters. The van der Waals surface area contributed by atoms with Gasteiger partial charge in [-0.25, -0.2) is 4.98 Å². The molecule has 11 rings (SSSR count). The first-order chi connectivity index (χ1) is 25.2. The van der Waals surface area contributed by atoms with Crippen LogP contribution in [0.3, 0.4) is 0 Å². The lowest BCUT2D eigenvalue weighted by molar-refractivity contribution is 0.669. The molecular formula is C45H26N4OS. The third-order valence-electron chi connectivity index (χ3n) is 9.88. The zero-order chi connectivity index (χ0) is 33.5. The van der Waals surface area contributed by atoms with Crippen molar-refractivity contribution in [2.45, 2.75) is 0 Å². The number of hydrogen-bond donors (Lipinski definition) is 0. The van der Waals surface area contributed by atoms with E-state index in [1.165, 1.54) is 25.7 Å². The van der Waals surface area contributed by atoms with Gasteiger partial charge >= 0.3 is 0 Å². The predicted octanol–water partition coefficient (Wildman–Crippen LogP) is 12.2. The average Bonchev–Trinajstić information content (AvgIpc) is 3.86. The summed E-state index contributed by atoms with van der Waals surface area (Å²) in [5.41, 5.74) is 7.90. The summed E-state index contributed by atoms with van der Waals surface area (Å²) in [5.74, 6) is 1.80. The molecule has 238 valence electrons. The van der Waals surface area contributed by atoms with Gasteiger partial charge in [-0.1, -0.05) is 103 Å². The molecule has 6 heteroatoms. The Hall–Kier alpha value is -6.63. The molecule has 51 heavy (non-hydrogen) atoms. The molecule has 0 aliphatic carbocycles. The number of hydrogen-bond acceptors (Lipinski definition) is 5. The van der Waals surface area contributed by atoms with Crippen molar-refractivity contribution in [3.8, 4) is 39.9 Å². The molecule has 0 spiro atoms. The van der Waals surface area contributed by atoms with Crippen LogP contribution in [0.1, 0.15) is 0 Å². The third kappa shape index (κ3) is 4.43. The molecule has 4 aromatic heterocycles. The average molecular weight is 671 g/mol. The van der Waals surface area contributed by atoms with Gasteiger partial charge in [0.2, 0.25) is 5.95 Å². The first-order valence-electron chi connectivity index (χ1n) is 16.9. The summed E-state index contributed by atoms with van der Waals surface area (Å²) in [7, 11) is 0. The van der Waals surface area contributed by atoms with Crippen LogP contribution in [0.25, 0.3) is 104 Å². The van der Waals surface area contributed by atoms with Gasteiger partial charge in [-0.05, 0) is 65.7 Å². The van der Waals surface area contributed by atoms with Crippen molar-refractivity contribution < 1.29 is 4.42 Å². The van der Waals surface area contributed by atoms with Gasteiger partial charge in [-0.3, -0.25) is 4.57 Å². The van der Waals surface area contributed by atoms with Gasteiger partial charge in [-0.2, -0.15) is 9.97 Å². The lowest BCUT2D eigenvalue weighted by atomic mass is 10.0. The lowest BCUT2D eigenvalue weighted by Gasteiger charge is -2.11. The quantitative estimate of drug-likeness (QED) is 0.187. The zero-order valence-electron chi connectivity index (χ0n) is 27.1. The topological polar surface area (TPSA) is 56.7 Å². The normalized spacial score (nSPS) is 11.9. The monoisotopic (exact) mass is 670 g/mol. The Morgan fingerprint density at radius 2 is 1.00 bits per heavy atom. The molecular weight excluding hydrogens is 645 g/mol. The summed E-state index contributed by atoms with van der Waals surface area (Å²) in [6.45, 7) is 0. The third-order valence-corrected chi connectivity index (χ3v) is 11.0. The Labute approximate surface area is 295 Å². The fourth-order valence-electron chi connectivity index (χ4n) is 7.45. The Morgan fingerprint density at radius 1 is 0.392 bits per heavy atom. The molecule has 0 fully saturated rings. The molecule has 0 bridgehead atoms. The summed E-state index contributed by atoms with van der Waals surface area (Å²) in [4.78, 5) is 15.3. The number of thiophene rings is 1. The highest BCUT2D eigenvalue weighted by Gasteiger charge is 2.19. The van der Waals surface area contributed by atoms with E-state index >= 15 is 0 Å². The smallest absolute Gasteiger partial charge is 0.238 e. The Kier molecular flexibility index (Phi) is 6.05. The second kappa shape index (κ2) is 10.9. The number of furan rings is 1. The molecule has 11 aromatic rings. The van der Waals surface area contributed by atoms with Crippen molar-refractivity contribution in [1.82, 2.24) is 19.5 Å². The minimum Gasteiger partial charge on any atom is -0.456 e. The first-order valence-corrected chi connectivity index (χ1v) is 17.8. The van der Waals surface area contributed by atoms with Gasteiger partial charge in [0.05, 0.1) is 11.0 Å². The first kappa shape index (κ1) is 28.2. The van der Waals surface area contributed by atoms with Gasteiger partial charge in [0, 0.05) is 52.8 Å². The van der Waals surface area contributed by atoms with Crippen LogP contribution in [-0.2, 0) is 0 Å². The second-order valence-corrected chi connectivity index (χ2v) is 13.9. The highest BCUT2D eigenvalue weighted by atomic mass is 32.1. The molecule has 7 aromatic carbocycles. The number of rotatable bonds is 4. The van der Waals surface area contributed by atoms with E-state index in [9.17, 15) is 0 Å². The molecule has 0 amide bonds. The summed E-state index contributed by atoms with van der Waals surface area (Å²) in [5, 5.41) is 7.00. The molecule has 0 radical (unpaired) electrons. The van der Waals surface area contributed by atoms with Crippen LogP contribution in [-0.4, -0.2) is 19.5 Å². The van der Waals surface area contributed by atoms with E-state index in [1.54, 1.807) is 0 Å². The molecule has 0 aliphatic rings. The Bertz CT molecular complexity index is 3100. The van der Waals surface area contributed by atoms with Crippen LogP contribution in [0.15, 0.2) is 162 Å². The van der Waals surface area contributed by atoms with Gasteiger partial charge in [-0.15, -0.1) is 11.3 Å². The number of benzene rings is 7. The highest BCUT2D eigenvalue weighted by molar-refractivity contribution is 7.25. The van der Waals surface area contributed by atoms with E-state index in [4.69, 9.17) is 19.4 Å². The molecule has 4 heterocycles. The molecule has 5 nitrogen and oxygen atoms in total. The fourth-order valence-corrected chi connectivity index (χ4v) is 8.59. The number of para-hydroxylation sites is 2. The van der Waals surface area contributed by atoms with E-state index < -0.39 is 0 Å². The Morgan fingerprint density at radius 3 is 1.78 bits per heavy atom. The van der Waals surface area contributed by atoms with Crippen LogP contribution in [0.4, 0.5) is 0 Å². The van der Waals surface area contributed by atoms with Gasteiger partial charge in [0.25, 0.3) is 0 Å². The van der Waals surface area contributed by atoms with Crippen molar-refractivity contribution in [1.29, 1.82) is 0 Å². The molecule has 0 atom stereocenters. The van der Waals surface area contributed by atoms with Gasteiger partial charge in [0.15, 0.2) is 11.6 Å². The largest absolute Gasteiger partial charge is 0.456 e. The Balaban J connectivity index is 1.06. The summed E-state index contributed by atoms with van der Waals surface area (Å²) in [6, 6.07) is 55.0. The van der Waals surface area contributed by atoms with Crippen molar-refractivity contribution in [3.63, 3.8) is 0 Å². The van der Waals surface area contributed by atoms with E-state index in [-0.39, 0.29) is 0 Å². The number of aromatic nitrogens is 4. The van der Waals surface area contributed by atoms with E-state index in [2.05, 4.69) is 120 Å². The predicted molar refractivity (Wildman–Crippen MR) is 211 cm³/mol. The maximum Gasteiger partial charge on any atom is 0.238 e. The maximum absolute atomic E-state index is 6.46. The van der Waals surface area contributed by atoms with E-state index in [0.29, 0.717) is 17.6 Å². The van der Waals surface area contributed by atoms with Crippen molar-refractivity contribution in [2.24, 2.45) is 0 Å². The molecule has 0 saturated carbocycles. The minimum atomic E-state index is 0.577. The van der Waals surface area contributed by atoms with Crippen LogP contribution in [0.2, 0.25) is 0 Å². The molecule has 0 saturated heterocycles. The standard InChI is InChI=1S/C45H26N4OS/c1-2-10-27(11-3-1)43-46-44(48-45(47-43)49-37-15-7-4-12-31(37)32-13-5-8-16-38(32)49)30-20-23-39-36(24-30)33-21-18-28(25-40(33)50-39)29-19-22-35-34-14-6-9-17-41(34)51-42(35)26-29/h1-26H. The van der Waals surface area contributed by atoms with Crippen molar-refractivity contribution in [2.75, 3.05) is 0 Å². The maximum atomic E-state index is 6.46. The fraction of sp³-hybridized carbons (Fsp3) is 0. The summed E-state index contributed by atoms with van der Waals surface area (Å²) in [6.07, 6.45) is 0. The zero-order valence-corrected chi connectivity index (χ0v) is 27.9. The van der Waals surface area contributed by atoms with E-state index in [0.717, 1.165) is 60.4 Å². The van der Waals surface area contributed by atoms with Crippen molar-refractivity contribution >= 4 is 75.3 Å². The van der Waals surface area contributed by atoms with Crippen LogP contribution in [0.5, 0.6) is 0 Å². The van der Waals surface area contributed by atoms with Crippen LogP contribution < -0.4 is 0 Å². The number of fused-ring (bicyclic) bond motifs is 9. The molecule has 0 aliphatic heterocycles. The number of nitrogens with zero attached hydrogens (tertiary/aromatic N) is 4. The van der Waals surface area contributed by atoms with Gasteiger partial charge < -0.3 is 4.42 Å². The minimum absolute atomic E-state index is 0.577. The van der Waals surface area contributed by atoms with Crippen LogP contribution in [0, 0.1) is 0 Å².